The van der Waals surface area contributed by atoms with Crippen LogP contribution >= 0.6 is 11.6 Å². The summed E-state index contributed by atoms with van der Waals surface area (Å²) in [7, 11) is -3.85. The van der Waals surface area contributed by atoms with Crippen LogP contribution in [-0.2, 0) is 14.8 Å². The number of sulfonamides is 1. The molecular formula is C20H19ClN4O4S. The minimum atomic E-state index is -3.85. The lowest BCUT2D eigenvalue weighted by Gasteiger charge is -2.18. The SMILES string of the molecule is CC[C@H](Oc1ccccc1Cl)C(=O)Nc1ccc(S(=O)(=O)Nc2ncccn2)cc1. The Kier molecular flexibility index (Phi) is 6.86. The second kappa shape index (κ2) is 9.55. The number of carbonyl (C=O) groups is 1. The van der Waals surface area contributed by atoms with Crippen LogP contribution < -0.4 is 14.8 Å². The van der Waals surface area contributed by atoms with E-state index in [0.29, 0.717) is 22.9 Å². The summed E-state index contributed by atoms with van der Waals surface area (Å²) in [5, 5.41) is 3.12. The van der Waals surface area contributed by atoms with Crippen molar-refractivity contribution >= 4 is 39.2 Å². The van der Waals surface area contributed by atoms with Gasteiger partial charge < -0.3 is 10.1 Å². The van der Waals surface area contributed by atoms with Gasteiger partial charge in [0.05, 0.1) is 9.92 Å². The van der Waals surface area contributed by atoms with Crippen molar-refractivity contribution in [3.05, 3.63) is 72.0 Å². The number of nitrogens with zero attached hydrogens (tertiary/aromatic N) is 2. The highest BCUT2D eigenvalue weighted by molar-refractivity contribution is 7.92. The molecule has 0 bridgehead atoms. The summed E-state index contributed by atoms with van der Waals surface area (Å²) in [6.07, 6.45) is 2.52. The number of ether oxygens (including phenoxy) is 1. The van der Waals surface area contributed by atoms with E-state index in [0.717, 1.165) is 0 Å². The zero-order valence-electron chi connectivity index (χ0n) is 15.9. The molecule has 0 unspecified atom stereocenters. The van der Waals surface area contributed by atoms with Crippen LogP contribution in [0.2, 0.25) is 5.02 Å². The summed E-state index contributed by atoms with van der Waals surface area (Å²) in [5.41, 5.74) is 0.427. The van der Waals surface area contributed by atoms with Crippen molar-refractivity contribution in [3.8, 4) is 5.75 Å². The van der Waals surface area contributed by atoms with E-state index in [1.165, 1.54) is 36.7 Å². The second-order valence-corrected chi connectivity index (χ2v) is 8.23. The van der Waals surface area contributed by atoms with E-state index in [1.807, 2.05) is 6.92 Å². The van der Waals surface area contributed by atoms with Gasteiger partial charge in [-0.15, -0.1) is 0 Å². The number of hydrogen-bond donors (Lipinski definition) is 2. The summed E-state index contributed by atoms with van der Waals surface area (Å²) in [6.45, 7) is 1.81. The van der Waals surface area contributed by atoms with E-state index in [-0.39, 0.29) is 16.8 Å². The second-order valence-electron chi connectivity index (χ2n) is 6.14. The zero-order chi connectivity index (χ0) is 21.6. The quantitative estimate of drug-likeness (QED) is 0.545. The first-order chi connectivity index (χ1) is 14.4. The molecule has 0 aliphatic carbocycles. The number of carbonyl (C=O) groups excluding carboxylic acids is 1. The fourth-order valence-corrected chi connectivity index (χ4v) is 3.63. The summed E-state index contributed by atoms with van der Waals surface area (Å²) in [4.78, 5) is 20.2. The van der Waals surface area contributed by atoms with Crippen LogP contribution in [0.4, 0.5) is 11.6 Å². The van der Waals surface area contributed by atoms with Gasteiger partial charge in [0.15, 0.2) is 6.10 Å². The summed E-state index contributed by atoms with van der Waals surface area (Å²) >= 11 is 6.08. The molecule has 0 fully saturated rings. The number of rotatable bonds is 8. The molecule has 2 aromatic carbocycles. The number of aromatic nitrogens is 2. The van der Waals surface area contributed by atoms with Gasteiger partial charge in [-0.1, -0.05) is 30.7 Å². The topological polar surface area (TPSA) is 110 Å². The van der Waals surface area contributed by atoms with Gasteiger partial charge in [0.2, 0.25) is 5.95 Å². The van der Waals surface area contributed by atoms with Crippen LogP contribution in [0.1, 0.15) is 13.3 Å². The van der Waals surface area contributed by atoms with Crippen LogP contribution in [0, 0.1) is 0 Å². The Hall–Kier alpha value is -3.17. The average Bonchev–Trinajstić information content (AvgIpc) is 2.74. The van der Waals surface area contributed by atoms with Crippen LogP contribution in [0.25, 0.3) is 0 Å². The van der Waals surface area contributed by atoms with Crippen molar-refractivity contribution in [2.45, 2.75) is 24.3 Å². The molecular weight excluding hydrogens is 428 g/mol. The lowest BCUT2D eigenvalue weighted by atomic mass is 10.2. The number of benzene rings is 2. The molecule has 1 atom stereocenters. The molecule has 156 valence electrons. The summed E-state index contributed by atoms with van der Waals surface area (Å²) in [5.74, 6) is 0.0121. The van der Waals surface area contributed by atoms with E-state index >= 15 is 0 Å². The van der Waals surface area contributed by atoms with E-state index < -0.39 is 16.1 Å². The Morgan fingerprint density at radius 2 is 1.73 bits per heavy atom. The summed E-state index contributed by atoms with van der Waals surface area (Å²) in [6, 6.07) is 14.2. The van der Waals surface area contributed by atoms with Crippen molar-refractivity contribution < 1.29 is 17.9 Å². The largest absolute Gasteiger partial charge is 0.479 e. The molecule has 0 spiro atoms. The predicted octanol–water partition coefficient (Wildman–Crippen LogP) is 3.73. The van der Waals surface area contributed by atoms with Gasteiger partial charge in [0.1, 0.15) is 5.75 Å². The molecule has 3 aromatic rings. The van der Waals surface area contributed by atoms with Crippen molar-refractivity contribution in [2.24, 2.45) is 0 Å². The smallest absolute Gasteiger partial charge is 0.265 e. The number of nitrogens with one attached hydrogen (secondary N) is 2. The van der Waals surface area contributed by atoms with Gasteiger partial charge in [-0.05, 0) is 48.9 Å². The van der Waals surface area contributed by atoms with Gasteiger partial charge in [0, 0.05) is 18.1 Å². The van der Waals surface area contributed by atoms with Crippen molar-refractivity contribution in [1.29, 1.82) is 0 Å². The van der Waals surface area contributed by atoms with Gasteiger partial charge in [-0.25, -0.2) is 23.1 Å². The molecule has 30 heavy (non-hydrogen) atoms. The van der Waals surface area contributed by atoms with Crippen LogP contribution in [0.3, 0.4) is 0 Å². The third kappa shape index (κ3) is 5.46. The molecule has 0 aliphatic rings. The third-order valence-electron chi connectivity index (χ3n) is 3.99. The van der Waals surface area contributed by atoms with Crippen LogP contribution in [0.15, 0.2) is 71.9 Å². The lowest BCUT2D eigenvalue weighted by Crippen LogP contribution is -2.32. The highest BCUT2D eigenvalue weighted by Gasteiger charge is 2.20. The molecule has 1 aromatic heterocycles. The summed E-state index contributed by atoms with van der Waals surface area (Å²) < 4.78 is 32.8. The standard InChI is InChI=1S/C20H19ClN4O4S/c1-2-17(29-18-7-4-3-6-16(18)21)19(26)24-14-8-10-15(11-9-14)30(27,28)25-20-22-12-5-13-23-20/h3-13,17H,2H2,1H3,(H,24,26)(H,22,23,25)/t17-/m0/s1. The van der Waals surface area contributed by atoms with E-state index in [2.05, 4.69) is 20.0 Å². The fourth-order valence-electron chi connectivity index (χ4n) is 2.49. The lowest BCUT2D eigenvalue weighted by molar-refractivity contribution is -0.122. The maximum atomic E-state index is 12.6. The molecule has 0 aliphatic heterocycles. The van der Waals surface area contributed by atoms with Crippen molar-refractivity contribution in [1.82, 2.24) is 9.97 Å². The average molecular weight is 447 g/mol. The highest BCUT2D eigenvalue weighted by atomic mass is 35.5. The Morgan fingerprint density at radius 3 is 2.37 bits per heavy atom. The minimum absolute atomic E-state index is 0.00677. The molecule has 3 rings (SSSR count). The Bertz CT molecular complexity index is 1110. The Balaban J connectivity index is 1.67. The first-order valence-corrected chi connectivity index (χ1v) is 10.9. The predicted molar refractivity (Wildman–Crippen MR) is 114 cm³/mol. The number of amides is 1. The van der Waals surface area contributed by atoms with Crippen LogP contribution in [0.5, 0.6) is 5.75 Å². The van der Waals surface area contributed by atoms with Crippen molar-refractivity contribution in [2.75, 3.05) is 10.0 Å². The van der Waals surface area contributed by atoms with Gasteiger partial charge in [-0.3, -0.25) is 4.79 Å². The molecule has 0 saturated heterocycles. The molecule has 2 N–H and O–H groups in total. The first kappa shape index (κ1) is 21.5. The fraction of sp³-hybridized carbons (Fsp3) is 0.150. The van der Waals surface area contributed by atoms with Gasteiger partial charge in [-0.2, -0.15) is 0 Å². The molecule has 0 radical (unpaired) electrons. The molecule has 10 heteroatoms. The third-order valence-corrected chi connectivity index (χ3v) is 5.65. The Morgan fingerprint density at radius 1 is 1.07 bits per heavy atom. The number of halogens is 1. The maximum Gasteiger partial charge on any atom is 0.265 e. The van der Waals surface area contributed by atoms with Crippen molar-refractivity contribution in [3.63, 3.8) is 0 Å². The highest BCUT2D eigenvalue weighted by Crippen LogP contribution is 2.25. The molecule has 8 nitrogen and oxygen atoms in total. The number of hydrogen-bond acceptors (Lipinski definition) is 6. The zero-order valence-corrected chi connectivity index (χ0v) is 17.5. The number of para-hydroxylation sites is 1. The minimum Gasteiger partial charge on any atom is -0.479 e. The molecule has 0 saturated carbocycles. The molecule has 1 amide bonds. The van der Waals surface area contributed by atoms with Crippen LogP contribution in [-0.4, -0.2) is 30.4 Å². The van der Waals surface area contributed by atoms with Gasteiger partial charge >= 0.3 is 0 Å². The van der Waals surface area contributed by atoms with Gasteiger partial charge in [0.25, 0.3) is 15.9 Å². The number of anilines is 2. The van der Waals surface area contributed by atoms with E-state index in [1.54, 1.807) is 30.3 Å². The monoisotopic (exact) mass is 446 g/mol. The maximum absolute atomic E-state index is 12.6. The molecule has 1 heterocycles. The Labute approximate surface area is 179 Å². The first-order valence-electron chi connectivity index (χ1n) is 9.01. The normalized spacial score (nSPS) is 12.1. The van der Waals surface area contributed by atoms with E-state index in [4.69, 9.17) is 16.3 Å². The van der Waals surface area contributed by atoms with E-state index in [9.17, 15) is 13.2 Å².